The van der Waals surface area contributed by atoms with E-state index in [0.29, 0.717) is 29.2 Å². The molecule has 5 heteroatoms. The van der Waals surface area contributed by atoms with Gasteiger partial charge in [0.25, 0.3) is 0 Å². The molecule has 0 unspecified atom stereocenters. The fourth-order valence-electron chi connectivity index (χ4n) is 8.28. The fourth-order valence-corrected chi connectivity index (χ4v) is 8.28. The maximum absolute atomic E-state index is 12.1. The van der Waals surface area contributed by atoms with Gasteiger partial charge in [-0.05, 0) is 97.5 Å². The average Bonchev–Trinajstić information content (AvgIpc) is 3.15. The summed E-state index contributed by atoms with van der Waals surface area (Å²) in [6.45, 7) is 5.00. The van der Waals surface area contributed by atoms with Crippen LogP contribution in [0.15, 0.2) is 39.3 Å². The summed E-state index contributed by atoms with van der Waals surface area (Å²) in [6.07, 6.45) is 13.4. The van der Waals surface area contributed by atoms with Gasteiger partial charge in [0, 0.05) is 19.2 Å². The van der Waals surface area contributed by atoms with Crippen molar-refractivity contribution in [1.29, 1.82) is 0 Å². The summed E-state index contributed by atoms with van der Waals surface area (Å²) in [4.78, 5) is 25.4. The Morgan fingerprint density at radius 1 is 1.16 bits per heavy atom. The molecule has 4 aliphatic rings. The van der Waals surface area contributed by atoms with E-state index in [0.717, 1.165) is 25.2 Å². The lowest BCUT2D eigenvalue weighted by Crippen LogP contribution is -2.54. The Hall–Kier alpha value is -2.04. The van der Waals surface area contributed by atoms with Crippen LogP contribution in [0.25, 0.3) is 0 Å². The zero-order valence-electron chi connectivity index (χ0n) is 19.9. The number of methoxy groups -OCH3 is 1. The minimum Gasteiger partial charge on any atom is -0.453 e. The molecule has 0 aliphatic heterocycles. The highest BCUT2D eigenvalue weighted by Gasteiger charge is 2.58. The lowest BCUT2D eigenvalue weighted by molar-refractivity contribution is -0.0688. The van der Waals surface area contributed by atoms with E-state index >= 15 is 0 Å². The van der Waals surface area contributed by atoms with Crippen molar-refractivity contribution in [2.45, 2.75) is 77.2 Å². The normalized spacial score (nSPS) is 40.5. The van der Waals surface area contributed by atoms with Gasteiger partial charge in [-0.15, -0.1) is 0 Å². The molecular weight excluding hydrogens is 402 g/mol. The summed E-state index contributed by atoms with van der Waals surface area (Å²) in [5.74, 6) is 2.50. The quantitative estimate of drug-likeness (QED) is 0.550. The van der Waals surface area contributed by atoms with E-state index in [-0.39, 0.29) is 17.1 Å². The van der Waals surface area contributed by atoms with Crippen molar-refractivity contribution in [1.82, 2.24) is 4.90 Å². The van der Waals surface area contributed by atoms with Crippen LogP contribution in [-0.2, 0) is 4.74 Å². The molecule has 174 valence electrons. The van der Waals surface area contributed by atoms with Crippen molar-refractivity contribution in [2.75, 3.05) is 14.2 Å². The molecule has 1 aromatic rings. The fraction of sp³-hybridized carbons (Fsp3) is 0.704. The van der Waals surface area contributed by atoms with Crippen LogP contribution in [0, 0.1) is 28.6 Å². The molecule has 0 saturated heterocycles. The number of nitrogens with zero attached hydrogens (tertiary/aromatic N) is 1. The molecule has 0 bridgehead atoms. The van der Waals surface area contributed by atoms with Crippen LogP contribution < -0.4 is 5.63 Å². The molecule has 32 heavy (non-hydrogen) atoms. The number of carbonyl (C=O) groups is 1. The molecule has 5 nitrogen and oxygen atoms in total. The molecule has 1 heterocycles. The third-order valence-corrected chi connectivity index (χ3v) is 10.2. The second kappa shape index (κ2) is 7.78. The standard InChI is InChI=1S/C27H37NO4/c1-26-13-11-19(28(3)25(30)31-4)15-18(26)6-7-20-22-9-8-21(17-5-10-24(29)32-16-17)27(22,2)14-12-23(20)26/h5,9-10,16,18-21,23H,6-8,11-15H2,1-4H3/t18-,19+,20+,21-,23+,26+,27-/m1/s1. The van der Waals surface area contributed by atoms with Crippen LogP contribution in [-0.4, -0.2) is 31.2 Å². The highest BCUT2D eigenvalue weighted by molar-refractivity contribution is 5.67. The van der Waals surface area contributed by atoms with E-state index in [2.05, 4.69) is 19.9 Å². The van der Waals surface area contributed by atoms with Crippen molar-refractivity contribution >= 4 is 6.09 Å². The van der Waals surface area contributed by atoms with Crippen LogP contribution in [0.5, 0.6) is 0 Å². The Kier molecular flexibility index (Phi) is 5.29. The zero-order valence-corrected chi connectivity index (χ0v) is 19.9. The van der Waals surface area contributed by atoms with Gasteiger partial charge in [0.1, 0.15) is 0 Å². The van der Waals surface area contributed by atoms with Gasteiger partial charge in [-0.2, -0.15) is 0 Å². The molecule has 1 amide bonds. The Labute approximate surface area is 191 Å². The maximum atomic E-state index is 12.1. The molecule has 5 rings (SSSR count). The number of rotatable bonds is 2. The number of amides is 1. The summed E-state index contributed by atoms with van der Waals surface area (Å²) >= 11 is 0. The van der Waals surface area contributed by atoms with Gasteiger partial charge in [0.2, 0.25) is 0 Å². The Balaban J connectivity index is 1.36. The highest BCUT2D eigenvalue weighted by Crippen LogP contribution is 2.67. The first kappa shape index (κ1) is 21.8. The first-order valence-corrected chi connectivity index (χ1v) is 12.4. The molecule has 0 radical (unpaired) electrons. The lowest BCUT2D eigenvalue weighted by Gasteiger charge is -2.60. The lowest BCUT2D eigenvalue weighted by atomic mass is 9.45. The number of allylic oxidation sites excluding steroid dienone is 2. The monoisotopic (exact) mass is 439 g/mol. The van der Waals surface area contributed by atoms with E-state index in [4.69, 9.17) is 9.15 Å². The third kappa shape index (κ3) is 3.18. The first-order chi connectivity index (χ1) is 15.3. The SMILES string of the molecule is COC(=O)N(C)[C@H]1CC[C@@]2(C)[C@H](CC[C@H]3C4=CC[C@H](c5ccc(=O)oc5)[C@@]4(C)CC[C@@H]32)C1. The summed E-state index contributed by atoms with van der Waals surface area (Å²) in [5.41, 5.74) is 3.11. The van der Waals surface area contributed by atoms with Gasteiger partial charge in [-0.1, -0.05) is 25.5 Å². The Morgan fingerprint density at radius 3 is 2.69 bits per heavy atom. The second-order valence-corrected chi connectivity index (χ2v) is 11.3. The summed E-state index contributed by atoms with van der Waals surface area (Å²) in [5, 5.41) is 0. The van der Waals surface area contributed by atoms with Gasteiger partial charge in [0.05, 0.1) is 13.4 Å². The molecule has 4 aliphatic carbocycles. The first-order valence-electron chi connectivity index (χ1n) is 12.4. The minimum absolute atomic E-state index is 0.173. The number of hydrogen-bond donors (Lipinski definition) is 0. The summed E-state index contributed by atoms with van der Waals surface area (Å²) in [6, 6.07) is 3.84. The van der Waals surface area contributed by atoms with Gasteiger partial charge in [-0.25, -0.2) is 9.59 Å². The highest BCUT2D eigenvalue weighted by atomic mass is 16.5. The number of carbonyl (C=O) groups excluding carboxylic acids is 1. The van der Waals surface area contributed by atoms with Crippen LogP contribution in [0.2, 0.25) is 0 Å². The van der Waals surface area contributed by atoms with Gasteiger partial charge in [0.15, 0.2) is 0 Å². The summed E-state index contributed by atoms with van der Waals surface area (Å²) in [7, 11) is 3.37. The predicted molar refractivity (Wildman–Crippen MR) is 123 cm³/mol. The van der Waals surface area contributed by atoms with Gasteiger partial charge >= 0.3 is 11.7 Å². The smallest absolute Gasteiger partial charge is 0.409 e. The van der Waals surface area contributed by atoms with Crippen molar-refractivity contribution in [2.24, 2.45) is 28.6 Å². The second-order valence-electron chi connectivity index (χ2n) is 11.3. The van der Waals surface area contributed by atoms with Gasteiger partial charge < -0.3 is 14.1 Å². The predicted octanol–water partition coefficient (Wildman–Crippen LogP) is 5.75. The largest absolute Gasteiger partial charge is 0.453 e. The molecule has 7 atom stereocenters. The van der Waals surface area contributed by atoms with E-state index < -0.39 is 0 Å². The molecule has 1 aromatic heterocycles. The number of hydrogen-bond acceptors (Lipinski definition) is 4. The Bertz CT molecular complexity index is 962. The van der Waals surface area contributed by atoms with E-state index in [9.17, 15) is 9.59 Å². The molecule has 0 N–H and O–H groups in total. The third-order valence-electron chi connectivity index (χ3n) is 10.2. The average molecular weight is 440 g/mol. The van der Waals surface area contributed by atoms with Crippen molar-refractivity contribution < 1.29 is 13.9 Å². The minimum atomic E-state index is -0.270. The van der Waals surface area contributed by atoms with Crippen molar-refractivity contribution in [3.63, 3.8) is 0 Å². The summed E-state index contributed by atoms with van der Waals surface area (Å²) < 4.78 is 10.2. The number of fused-ring (bicyclic) bond motifs is 5. The van der Waals surface area contributed by atoms with E-state index in [1.807, 2.05) is 18.0 Å². The van der Waals surface area contributed by atoms with Crippen molar-refractivity contribution in [3.05, 3.63) is 46.0 Å². The molecule has 3 saturated carbocycles. The molecule has 0 aromatic carbocycles. The van der Waals surface area contributed by atoms with Crippen LogP contribution in [0.4, 0.5) is 4.79 Å². The maximum Gasteiger partial charge on any atom is 0.409 e. The van der Waals surface area contributed by atoms with Crippen LogP contribution >= 0.6 is 0 Å². The van der Waals surface area contributed by atoms with Crippen molar-refractivity contribution in [3.8, 4) is 0 Å². The molecule has 0 spiro atoms. The van der Waals surface area contributed by atoms with E-state index in [1.54, 1.807) is 17.9 Å². The van der Waals surface area contributed by atoms with Crippen LogP contribution in [0.3, 0.4) is 0 Å². The zero-order chi connectivity index (χ0) is 22.7. The number of ether oxygens (including phenoxy) is 1. The van der Waals surface area contributed by atoms with Gasteiger partial charge in [-0.3, -0.25) is 0 Å². The molecule has 3 fully saturated rings. The Morgan fingerprint density at radius 2 is 1.97 bits per heavy atom. The topological polar surface area (TPSA) is 59.8 Å². The van der Waals surface area contributed by atoms with E-state index in [1.165, 1.54) is 44.8 Å². The van der Waals surface area contributed by atoms with Crippen LogP contribution in [0.1, 0.15) is 76.7 Å². The molecular formula is C27H37NO4.